The van der Waals surface area contributed by atoms with Crippen molar-refractivity contribution in [3.63, 3.8) is 0 Å². The highest BCUT2D eigenvalue weighted by atomic mass is 19.1. The molecule has 1 aliphatic carbocycles. The van der Waals surface area contributed by atoms with Crippen LogP contribution in [0.25, 0.3) is 22.3 Å². The van der Waals surface area contributed by atoms with Crippen LogP contribution in [0.15, 0.2) is 16.9 Å². The fourth-order valence-electron chi connectivity index (χ4n) is 7.08. The van der Waals surface area contributed by atoms with E-state index in [4.69, 9.17) is 9.72 Å². The number of cyclic esters (lactones) is 1. The van der Waals surface area contributed by atoms with Gasteiger partial charge in [0.1, 0.15) is 12.4 Å². The van der Waals surface area contributed by atoms with Gasteiger partial charge < -0.3 is 29.7 Å². The van der Waals surface area contributed by atoms with Crippen molar-refractivity contribution in [2.24, 2.45) is 0 Å². The zero-order chi connectivity index (χ0) is 32.6. The molecular formula is C33H37FN4O7. The largest absolute Gasteiger partial charge is 0.465 e. The van der Waals surface area contributed by atoms with Crippen LogP contribution in [0.2, 0.25) is 0 Å². The number of amides is 2. The van der Waals surface area contributed by atoms with Gasteiger partial charge in [0.15, 0.2) is 5.60 Å². The Kier molecular flexibility index (Phi) is 7.26. The number of hydrogen-bond donors (Lipinski definition) is 3. The van der Waals surface area contributed by atoms with Gasteiger partial charge in [0, 0.05) is 41.1 Å². The van der Waals surface area contributed by atoms with Gasteiger partial charge in [-0.2, -0.15) is 0 Å². The molecule has 3 aliphatic rings. The molecule has 1 aromatic carbocycles. The molecule has 0 saturated heterocycles. The van der Waals surface area contributed by atoms with E-state index in [-0.39, 0.29) is 49.6 Å². The number of nitrogens with zero attached hydrogens (tertiary/aromatic N) is 3. The Morgan fingerprint density at radius 3 is 2.62 bits per heavy atom. The second-order valence-electron chi connectivity index (χ2n) is 13.2. The first-order valence-corrected chi connectivity index (χ1v) is 15.3. The smallest absolute Gasteiger partial charge is 0.407 e. The average molecular weight is 621 g/mol. The van der Waals surface area contributed by atoms with E-state index in [2.05, 4.69) is 5.32 Å². The minimum atomic E-state index is -1.98. The Morgan fingerprint density at radius 1 is 1.22 bits per heavy atom. The highest BCUT2D eigenvalue weighted by molar-refractivity contribution is 5.94. The van der Waals surface area contributed by atoms with Gasteiger partial charge >= 0.3 is 12.1 Å². The van der Waals surface area contributed by atoms with Crippen molar-refractivity contribution in [2.45, 2.75) is 97.1 Å². The third-order valence-corrected chi connectivity index (χ3v) is 9.54. The van der Waals surface area contributed by atoms with Crippen molar-refractivity contribution in [3.8, 4) is 11.4 Å². The van der Waals surface area contributed by atoms with Gasteiger partial charge in [-0.15, -0.1) is 0 Å². The molecule has 2 aliphatic heterocycles. The number of aryl methyl sites for hydroxylation is 1. The van der Waals surface area contributed by atoms with Crippen LogP contribution < -0.4 is 10.9 Å². The number of carboxylic acid groups (broad SMARTS) is 1. The summed E-state index contributed by atoms with van der Waals surface area (Å²) in [6.07, 6.45) is 0.413. The highest BCUT2D eigenvalue weighted by Crippen LogP contribution is 2.46. The molecule has 2 atom stereocenters. The maximum atomic E-state index is 15.1. The van der Waals surface area contributed by atoms with Crippen LogP contribution in [0.1, 0.15) is 92.8 Å². The molecule has 12 heteroatoms. The molecular weight excluding hydrogens is 583 g/mol. The molecule has 238 valence electrons. The fraction of sp³-hybridized carbons (Fsp3) is 0.485. The molecule has 45 heavy (non-hydrogen) atoms. The number of carbonyl (C=O) groups excluding carboxylic acids is 2. The summed E-state index contributed by atoms with van der Waals surface area (Å²) in [5.41, 5.74) is 1.45. The van der Waals surface area contributed by atoms with E-state index < -0.39 is 40.6 Å². The van der Waals surface area contributed by atoms with Crippen LogP contribution in [-0.4, -0.2) is 54.7 Å². The van der Waals surface area contributed by atoms with E-state index in [1.54, 1.807) is 40.7 Å². The van der Waals surface area contributed by atoms with Crippen LogP contribution in [-0.2, 0) is 39.5 Å². The number of carbonyl (C=O) groups is 3. The van der Waals surface area contributed by atoms with E-state index in [1.165, 1.54) is 15.5 Å². The molecule has 0 fully saturated rings. The van der Waals surface area contributed by atoms with Gasteiger partial charge in [-0.3, -0.25) is 9.59 Å². The minimum absolute atomic E-state index is 0.00686. The molecule has 2 amide bonds. The molecule has 2 aromatic heterocycles. The number of esters is 1. The SMILES string of the molecule is CC[C@@]1(O)C(=O)OCc2c1cc1n(c2=O)Cc2c-1nc1cc(F)c(C)c3c1c2[C@@H](NC(=O)CCCN(C(=O)O)C(C)(C)C)CC3. The van der Waals surface area contributed by atoms with Crippen molar-refractivity contribution in [1.82, 2.24) is 19.8 Å². The second-order valence-corrected chi connectivity index (χ2v) is 13.2. The highest BCUT2D eigenvalue weighted by Gasteiger charge is 2.46. The lowest BCUT2D eigenvalue weighted by molar-refractivity contribution is -0.172. The van der Waals surface area contributed by atoms with Crippen LogP contribution in [0.4, 0.5) is 9.18 Å². The number of ether oxygens (including phenoxy) is 1. The number of aliphatic hydroxyl groups is 1. The molecule has 4 heterocycles. The molecule has 3 N–H and O–H groups in total. The number of benzene rings is 1. The van der Waals surface area contributed by atoms with Crippen molar-refractivity contribution < 1.29 is 33.7 Å². The van der Waals surface area contributed by atoms with E-state index >= 15 is 4.39 Å². The summed E-state index contributed by atoms with van der Waals surface area (Å²) >= 11 is 0. The molecule has 0 bridgehead atoms. The summed E-state index contributed by atoms with van der Waals surface area (Å²) in [4.78, 5) is 57.5. The van der Waals surface area contributed by atoms with Crippen molar-refractivity contribution >= 4 is 28.9 Å². The number of halogens is 1. The van der Waals surface area contributed by atoms with E-state index in [1.807, 2.05) is 0 Å². The Bertz CT molecular complexity index is 1860. The quantitative estimate of drug-likeness (QED) is 0.272. The van der Waals surface area contributed by atoms with Crippen LogP contribution >= 0.6 is 0 Å². The van der Waals surface area contributed by atoms with Crippen LogP contribution in [0.5, 0.6) is 0 Å². The first-order valence-electron chi connectivity index (χ1n) is 15.3. The number of hydrogen-bond acceptors (Lipinski definition) is 7. The average Bonchev–Trinajstić information content (AvgIpc) is 3.34. The molecule has 3 aromatic rings. The first kappa shape index (κ1) is 30.7. The number of aromatic nitrogens is 2. The van der Waals surface area contributed by atoms with Gasteiger partial charge in [-0.05, 0) is 76.1 Å². The molecule has 6 rings (SSSR count). The lowest BCUT2D eigenvalue weighted by Gasteiger charge is -2.33. The maximum absolute atomic E-state index is 15.1. The van der Waals surface area contributed by atoms with E-state index in [9.17, 15) is 29.4 Å². The van der Waals surface area contributed by atoms with Gasteiger partial charge in [0.25, 0.3) is 5.56 Å². The third kappa shape index (κ3) is 4.77. The summed E-state index contributed by atoms with van der Waals surface area (Å²) in [5, 5.41) is 24.7. The minimum Gasteiger partial charge on any atom is -0.465 e. The third-order valence-electron chi connectivity index (χ3n) is 9.54. The molecule has 0 saturated carbocycles. The first-order chi connectivity index (χ1) is 21.2. The van der Waals surface area contributed by atoms with Crippen LogP contribution in [0.3, 0.4) is 0 Å². The Morgan fingerprint density at radius 2 is 1.96 bits per heavy atom. The number of rotatable bonds is 6. The summed E-state index contributed by atoms with van der Waals surface area (Å²) in [6.45, 7) is 8.85. The zero-order valence-electron chi connectivity index (χ0n) is 26.0. The summed E-state index contributed by atoms with van der Waals surface area (Å²) in [6, 6.07) is 2.53. The standard InChI is InChI=1S/C33H37FN4O7/c1-6-33(44)20-12-24-28-18(14-37(24)29(40)19(20)15-45-30(33)41)27-22(10-9-17-16(2)21(34)13-23(36-28)26(17)27)35-25(39)8-7-11-38(31(42)43)32(3,4)5/h12-13,22,44H,6-11,14-15H2,1-5H3,(H,35,39)(H,42,43)/t22-,33-/m0/s1. The van der Waals surface area contributed by atoms with E-state index in [0.717, 1.165) is 22.1 Å². The lowest BCUT2D eigenvalue weighted by atomic mass is 9.81. The number of fused-ring (bicyclic) bond motifs is 5. The molecule has 11 nitrogen and oxygen atoms in total. The summed E-state index contributed by atoms with van der Waals surface area (Å²) in [7, 11) is 0. The Labute approximate surface area is 259 Å². The second kappa shape index (κ2) is 10.6. The normalized spacial score (nSPS) is 19.9. The van der Waals surface area contributed by atoms with Crippen molar-refractivity contribution in [1.29, 1.82) is 0 Å². The topological polar surface area (TPSA) is 151 Å². The van der Waals surface area contributed by atoms with Crippen LogP contribution in [0, 0.1) is 12.7 Å². The van der Waals surface area contributed by atoms with Gasteiger partial charge in [-0.1, -0.05) is 6.92 Å². The molecule has 0 spiro atoms. The Hall–Kier alpha value is -4.32. The van der Waals surface area contributed by atoms with Crippen molar-refractivity contribution in [3.05, 3.63) is 61.7 Å². The lowest BCUT2D eigenvalue weighted by Crippen LogP contribution is -2.45. The zero-order valence-corrected chi connectivity index (χ0v) is 26.0. The fourth-order valence-corrected chi connectivity index (χ4v) is 7.08. The molecule has 0 unspecified atom stereocenters. The predicted octanol–water partition coefficient (Wildman–Crippen LogP) is 4.19. The summed E-state index contributed by atoms with van der Waals surface area (Å²) in [5.74, 6) is -1.46. The number of pyridine rings is 2. The Balaban J connectivity index is 1.42. The number of nitrogens with one attached hydrogen (secondary N) is 1. The van der Waals surface area contributed by atoms with E-state index in [0.29, 0.717) is 41.7 Å². The molecule has 0 radical (unpaired) electrons. The predicted molar refractivity (Wildman–Crippen MR) is 162 cm³/mol. The summed E-state index contributed by atoms with van der Waals surface area (Å²) < 4.78 is 21.9. The maximum Gasteiger partial charge on any atom is 0.407 e. The van der Waals surface area contributed by atoms with Gasteiger partial charge in [0.2, 0.25) is 5.91 Å². The monoisotopic (exact) mass is 620 g/mol. The van der Waals surface area contributed by atoms with Gasteiger partial charge in [0.05, 0.1) is 35.1 Å². The van der Waals surface area contributed by atoms with Gasteiger partial charge in [-0.25, -0.2) is 19.0 Å². The van der Waals surface area contributed by atoms with Crippen molar-refractivity contribution in [2.75, 3.05) is 6.54 Å².